The highest BCUT2D eigenvalue weighted by atomic mass is 15.1. The fourth-order valence-electron chi connectivity index (χ4n) is 2.57. The van der Waals surface area contributed by atoms with Crippen LogP contribution in [0.4, 0.5) is 0 Å². The monoisotopic (exact) mass is 212 g/mol. The third-order valence-electron chi connectivity index (χ3n) is 3.71. The van der Waals surface area contributed by atoms with Gasteiger partial charge in [-0.1, -0.05) is 13.8 Å². The summed E-state index contributed by atoms with van der Waals surface area (Å²) in [6, 6.07) is 0.982. The lowest BCUT2D eigenvalue weighted by molar-refractivity contribution is 0.192. The van der Waals surface area contributed by atoms with Crippen LogP contribution in [-0.2, 0) is 0 Å². The van der Waals surface area contributed by atoms with E-state index >= 15 is 0 Å². The van der Waals surface area contributed by atoms with Crippen molar-refractivity contribution in [2.75, 3.05) is 13.1 Å². The second-order valence-corrected chi connectivity index (χ2v) is 6.12. The Balaban J connectivity index is 2.43. The summed E-state index contributed by atoms with van der Waals surface area (Å²) in [6.07, 6.45) is 5.17. The molecule has 0 spiro atoms. The molecule has 0 aromatic heterocycles. The van der Waals surface area contributed by atoms with E-state index in [1.54, 1.807) is 0 Å². The zero-order chi connectivity index (χ0) is 11.5. The van der Waals surface area contributed by atoms with Gasteiger partial charge in [0, 0.05) is 12.1 Å². The quantitative estimate of drug-likeness (QED) is 0.779. The highest BCUT2D eigenvalue weighted by Gasteiger charge is 2.25. The smallest absolute Gasteiger partial charge is 0.00815 e. The summed E-state index contributed by atoms with van der Waals surface area (Å²) in [6.45, 7) is 11.7. The predicted octanol–water partition coefficient (Wildman–Crippen LogP) is 2.62. The SMILES string of the molecule is CC(N)CC(C)N1CCCC(C)(C)CC1. The van der Waals surface area contributed by atoms with Crippen LogP contribution in [0.15, 0.2) is 0 Å². The fourth-order valence-corrected chi connectivity index (χ4v) is 2.57. The highest BCUT2D eigenvalue weighted by Crippen LogP contribution is 2.30. The average Bonchev–Trinajstić information content (AvgIpc) is 2.25. The number of nitrogens with two attached hydrogens (primary N) is 1. The highest BCUT2D eigenvalue weighted by molar-refractivity contribution is 4.79. The average molecular weight is 212 g/mol. The predicted molar refractivity (Wildman–Crippen MR) is 66.9 cm³/mol. The van der Waals surface area contributed by atoms with Gasteiger partial charge in [0.1, 0.15) is 0 Å². The Morgan fingerprint density at radius 1 is 1.20 bits per heavy atom. The number of hydrogen-bond donors (Lipinski definition) is 1. The van der Waals surface area contributed by atoms with E-state index in [1.807, 2.05) is 0 Å². The van der Waals surface area contributed by atoms with Gasteiger partial charge in [-0.2, -0.15) is 0 Å². The molecule has 0 radical (unpaired) electrons. The van der Waals surface area contributed by atoms with Gasteiger partial charge < -0.3 is 10.6 Å². The number of likely N-dealkylation sites (tertiary alicyclic amines) is 1. The summed E-state index contributed by atoms with van der Waals surface area (Å²) >= 11 is 0. The molecule has 2 unspecified atom stereocenters. The molecule has 0 aliphatic carbocycles. The van der Waals surface area contributed by atoms with Crippen LogP contribution in [0.5, 0.6) is 0 Å². The molecule has 1 rings (SSSR count). The molecule has 2 nitrogen and oxygen atoms in total. The van der Waals surface area contributed by atoms with Crippen LogP contribution in [0.2, 0.25) is 0 Å². The van der Waals surface area contributed by atoms with E-state index in [-0.39, 0.29) is 0 Å². The van der Waals surface area contributed by atoms with Crippen LogP contribution >= 0.6 is 0 Å². The minimum Gasteiger partial charge on any atom is -0.328 e. The van der Waals surface area contributed by atoms with Crippen LogP contribution in [0.3, 0.4) is 0 Å². The maximum atomic E-state index is 5.87. The van der Waals surface area contributed by atoms with Crippen molar-refractivity contribution in [3.05, 3.63) is 0 Å². The Morgan fingerprint density at radius 3 is 2.47 bits per heavy atom. The van der Waals surface area contributed by atoms with E-state index < -0.39 is 0 Å². The van der Waals surface area contributed by atoms with Gasteiger partial charge in [-0.15, -0.1) is 0 Å². The molecule has 0 bridgehead atoms. The first kappa shape index (κ1) is 13.0. The molecule has 1 saturated heterocycles. The molecule has 2 N–H and O–H groups in total. The van der Waals surface area contributed by atoms with Gasteiger partial charge in [0.2, 0.25) is 0 Å². The fraction of sp³-hybridized carbons (Fsp3) is 1.00. The Kier molecular flexibility index (Phi) is 4.60. The molecule has 2 heteroatoms. The molecule has 1 aliphatic rings. The van der Waals surface area contributed by atoms with Crippen molar-refractivity contribution in [1.82, 2.24) is 4.90 Å². The minimum absolute atomic E-state index is 0.330. The van der Waals surface area contributed by atoms with E-state index in [9.17, 15) is 0 Å². The van der Waals surface area contributed by atoms with Crippen molar-refractivity contribution in [3.8, 4) is 0 Å². The zero-order valence-electron chi connectivity index (χ0n) is 10.9. The Bertz CT molecular complexity index is 187. The first-order valence-corrected chi connectivity index (χ1v) is 6.40. The van der Waals surface area contributed by atoms with Crippen molar-refractivity contribution in [2.45, 2.75) is 65.5 Å². The van der Waals surface area contributed by atoms with E-state index in [0.717, 1.165) is 6.42 Å². The molecule has 0 aromatic rings. The van der Waals surface area contributed by atoms with Crippen LogP contribution < -0.4 is 5.73 Å². The van der Waals surface area contributed by atoms with Gasteiger partial charge in [-0.05, 0) is 58.0 Å². The third kappa shape index (κ3) is 4.52. The van der Waals surface area contributed by atoms with Gasteiger partial charge >= 0.3 is 0 Å². The molecular weight excluding hydrogens is 184 g/mol. The molecule has 0 aromatic carbocycles. The summed E-state index contributed by atoms with van der Waals surface area (Å²) in [7, 11) is 0. The Labute approximate surface area is 95.2 Å². The van der Waals surface area contributed by atoms with Gasteiger partial charge in [0.05, 0.1) is 0 Å². The van der Waals surface area contributed by atoms with E-state index in [4.69, 9.17) is 5.73 Å². The second kappa shape index (κ2) is 5.31. The molecular formula is C13H28N2. The topological polar surface area (TPSA) is 29.3 Å². The Morgan fingerprint density at radius 2 is 1.87 bits per heavy atom. The molecule has 0 saturated carbocycles. The third-order valence-corrected chi connectivity index (χ3v) is 3.71. The molecule has 15 heavy (non-hydrogen) atoms. The van der Waals surface area contributed by atoms with Crippen LogP contribution in [-0.4, -0.2) is 30.1 Å². The van der Waals surface area contributed by atoms with Gasteiger partial charge in [-0.3, -0.25) is 0 Å². The molecule has 0 amide bonds. The molecule has 90 valence electrons. The largest absolute Gasteiger partial charge is 0.328 e. The van der Waals surface area contributed by atoms with Crippen LogP contribution in [0, 0.1) is 5.41 Å². The standard InChI is InChI=1S/C13H28N2/c1-11(14)10-12(2)15-8-5-6-13(3,4)7-9-15/h11-12H,5-10,14H2,1-4H3. The summed E-state index contributed by atoms with van der Waals surface area (Å²) in [5, 5.41) is 0. The number of nitrogens with zero attached hydrogens (tertiary/aromatic N) is 1. The second-order valence-electron chi connectivity index (χ2n) is 6.12. The van der Waals surface area contributed by atoms with Gasteiger partial charge in [0.25, 0.3) is 0 Å². The van der Waals surface area contributed by atoms with Crippen molar-refractivity contribution >= 4 is 0 Å². The van der Waals surface area contributed by atoms with E-state index in [0.29, 0.717) is 17.5 Å². The number of rotatable bonds is 3. The lowest BCUT2D eigenvalue weighted by atomic mass is 9.85. The van der Waals surface area contributed by atoms with Crippen LogP contribution in [0.25, 0.3) is 0 Å². The van der Waals surface area contributed by atoms with E-state index in [2.05, 4.69) is 32.6 Å². The minimum atomic E-state index is 0.330. The van der Waals surface area contributed by atoms with Crippen molar-refractivity contribution in [3.63, 3.8) is 0 Å². The molecule has 1 heterocycles. The maximum absolute atomic E-state index is 5.87. The Hall–Kier alpha value is -0.0800. The molecule has 1 aliphatic heterocycles. The van der Waals surface area contributed by atoms with Crippen molar-refractivity contribution in [2.24, 2.45) is 11.1 Å². The first-order valence-electron chi connectivity index (χ1n) is 6.40. The van der Waals surface area contributed by atoms with Gasteiger partial charge in [-0.25, -0.2) is 0 Å². The van der Waals surface area contributed by atoms with Crippen molar-refractivity contribution in [1.29, 1.82) is 0 Å². The first-order chi connectivity index (χ1) is 6.91. The zero-order valence-corrected chi connectivity index (χ0v) is 10.9. The van der Waals surface area contributed by atoms with Crippen molar-refractivity contribution < 1.29 is 0 Å². The maximum Gasteiger partial charge on any atom is 0.00815 e. The van der Waals surface area contributed by atoms with E-state index in [1.165, 1.54) is 32.4 Å². The molecule has 1 fully saturated rings. The lowest BCUT2D eigenvalue weighted by Crippen LogP contribution is -2.37. The summed E-state index contributed by atoms with van der Waals surface area (Å²) in [5.41, 5.74) is 6.41. The lowest BCUT2D eigenvalue weighted by Gasteiger charge is -2.29. The normalized spacial score (nSPS) is 27.0. The summed E-state index contributed by atoms with van der Waals surface area (Å²) < 4.78 is 0. The molecule has 2 atom stereocenters. The summed E-state index contributed by atoms with van der Waals surface area (Å²) in [4.78, 5) is 2.62. The number of hydrogen-bond acceptors (Lipinski definition) is 2. The van der Waals surface area contributed by atoms with Gasteiger partial charge in [0.15, 0.2) is 0 Å². The van der Waals surface area contributed by atoms with Crippen LogP contribution in [0.1, 0.15) is 53.4 Å². The summed E-state index contributed by atoms with van der Waals surface area (Å²) in [5.74, 6) is 0.